The van der Waals surface area contributed by atoms with Gasteiger partial charge in [0.05, 0.1) is 5.56 Å². The number of aryl methyl sites for hydroxylation is 2. The van der Waals surface area contributed by atoms with Crippen molar-refractivity contribution in [3.05, 3.63) is 88.0 Å². The smallest absolute Gasteiger partial charge is 0.144 e. The van der Waals surface area contributed by atoms with Gasteiger partial charge in [-0.25, -0.2) is 17.6 Å². The van der Waals surface area contributed by atoms with Crippen molar-refractivity contribution in [2.24, 2.45) is 0 Å². The minimum absolute atomic E-state index is 0.0492. The Morgan fingerprint density at radius 1 is 0.862 bits per heavy atom. The van der Waals surface area contributed by atoms with Gasteiger partial charge in [0.2, 0.25) is 0 Å². The standard InChI is InChI=1S/C23H17F4NO/c1-2-13-3-6-15(7-4-13)22-21(29)11-20(26)16(23(22)27)8-5-14-9-18(24)17(12-28)19(25)10-14/h3-4,6-7,9-11,29H,2,5,8H2,1H3. The van der Waals surface area contributed by atoms with E-state index in [-0.39, 0.29) is 29.5 Å². The zero-order valence-corrected chi connectivity index (χ0v) is 15.6. The van der Waals surface area contributed by atoms with Gasteiger partial charge in [-0.2, -0.15) is 5.26 Å². The SMILES string of the molecule is CCc1ccc(-c2c(O)cc(F)c(CCc3cc(F)c(C#N)c(F)c3)c2F)cc1. The molecule has 2 nitrogen and oxygen atoms in total. The van der Waals surface area contributed by atoms with E-state index < -0.39 is 34.6 Å². The van der Waals surface area contributed by atoms with Crippen molar-refractivity contribution in [3.8, 4) is 22.9 Å². The molecule has 0 aliphatic heterocycles. The molecule has 0 unspecified atom stereocenters. The van der Waals surface area contributed by atoms with Crippen LogP contribution in [0.15, 0.2) is 42.5 Å². The summed E-state index contributed by atoms with van der Waals surface area (Å²) in [7, 11) is 0. The lowest BCUT2D eigenvalue weighted by atomic mass is 9.95. The maximum atomic E-state index is 15.1. The second-order valence-electron chi connectivity index (χ2n) is 6.64. The zero-order chi connectivity index (χ0) is 21.1. The van der Waals surface area contributed by atoms with Crippen molar-refractivity contribution >= 4 is 0 Å². The molecule has 0 saturated carbocycles. The van der Waals surface area contributed by atoms with E-state index in [1.807, 2.05) is 6.92 Å². The Morgan fingerprint density at radius 3 is 2.03 bits per heavy atom. The number of benzene rings is 3. The van der Waals surface area contributed by atoms with E-state index in [0.29, 0.717) is 5.56 Å². The molecule has 0 radical (unpaired) electrons. The van der Waals surface area contributed by atoms with Crippen LogP contribution >= 0.6 is 0 Å². The number of phenols is 1. The van der Waals surface area contributed by atoms with Crippen molar-refractivity contribution in [2.75, 3.05) is 0 Å². The molecule has 6 heteroatoms. The monoisotopic (exact) mass is 399 g/mol. The van der Waals surface area contributed by atoms with Gasteiger partial charge in [0, 0.05) is 11.6 Å². The lowest BCUT2D eigenvalue weighted by molar-refractivity contribution is 0.459. The van der Waals surface area contributed by atoms with Gasteiger partial charge in [-0.1, -0.05) is 31.2 Å². The highest BCUT2D eigenvalue weighted by molar-refractivity contribution is 5.72. The third kappa shape index (κ3) is 4.09. The van der Waals surface area contributed by atoms with E-state index in [0.717, 1.165) is 30.2 Å². The van der Waals surface area contributed by atoms with E-state index in [9.17, 15) is 18.3 Å². The van der Waals surface area contributed by atoms with Crippen LogP contribution in [0.3, 0.4) is 0 Å². The minimum Gasteiger partial charge on any atom is -0.507 e. The number of hydrogen-bond acceptors (Lipinski definition) is 2. The fourth-order valence-electron chi connectivity index (χ4n) is 3.20. The number of nitrogens with zero attached hydrogens (tertiary/aromatic N) is 1. The molecule has 3 rings (SSSR count). The van der Waals surface area contributed by atoms with Crippen LogP contribution in [0.4, 0.5) is 17.6 Å². The molecule has 0 spiro atoms. The first-order chi connectivity index (χ1) is 13.8. The summed E-state index contributed by atoms with van der Waals surface area (Å²) in [6, 6.07) is 11.1. The average molecular weight is 399 g/mol. The molecule has 1 N–H and O–H groups in total. The highest BCUT2D eigenvalue weighted by atomic mass is 19.1. The number of nitriles is 1. The highest BCUT2D eigenvalue weighted by Gasteiger charge is 2.20. The summed E-state index contributed by atoms with van der Waals surface area (Å²) in [5, 5.41) is 18.8. The number of halogens is 4. The number of hydrogen-bond donors (Lipinski definition) is 1. The van der Waals surface area contributed by atoms with E-state index in [1.54, 1.807) is 24.3 Å². The lowest BCUT2D eigenvalue weighted by Crippen LogP contribution is -2.03. The van der Waals surface area contributed by atoms with Gasteiger partial charge < -0.3 is 5.11 Å². The molecule has 0 fully saturated rings. The number of aromatic hydroxyl groups is 1. The number of rotatable bonds is 5. The highest BCUT2D eigenvalue weighted by Crippen LogP contribution is 2.36. The molecule has 0 heterocycles. The molecule has 0 atom stereocenters. The Morgan fingerprint density at radius 2 is 1.48 bits per heavy atom. The van der Waals surface area contributed by atoms with E-state index in [1.165, 1.54) is 6.07 Å². The zero-order valence-electron chi connectivity index (χ0n) is 15.6. The van der Waals surface area contributed by atoms with E-state index >= 15 is 4.39 Å². The summed E-state index contributed by atoms with van der Waals surface area (Å²) in [6.45, 7) is 1.97. The van der Waals surface area contributed by atoms with Crippen molar-refractivity contribution in [3.63, 3.8) is 0 Å². The van der Waals surface area contributed by atoms with Gasteiger partial charge in [-0.3, -0.25) is 0 Å². The maximum Gasteiger partial charge on any atom is 0.144 e. The second-order valence-corrected chi connectivity index (χ2v) is 6.64. The Balaban J connectivity index is 1.95. The quantitative estimate of drug-likeness (QED) is 0.548. The number of phenolic OH excluding ortho intramolecular Hbond substituents is 1. The predicted molar refractivity (Wildman–Crippen MR) is 101 cm³/mol. The maximum absolute atomic E-state index is 15.1. The van der Waals surface area contributed by atoms with Crippen molar-refractivity contribution in [1.82, 2.24) is 0 Å². The summed E-state index contributed by atoms with van der Waals surface area (Å²) >= 11 is 0. The molecule has 0 aliphatic carbocycles. The van der Waals surface area contributed by atoms with Crippen LogP contribution in [0.1, 0.15) is 29.2 Å². The van der Waals surface area contributed by atoms with E-state index in [4.69, 9.17) is 5.26 Å². The van der Waals surface area contributed by atoms with Crippen molar-refractivity contribution < 1.29 is 22.7 Å². The van der Waals surface area contributed by atoms with Crippen LogP contribution in [-0.4, -0.2) is 5.11 Å². The average Bonchev–Trinajstić information content (AvgIpc) is 2.68. The Labute approximate surface area is 165 Å². The van der Waals surface area contributed by atoms with Crippen LogP contribution in [0.25, 0.3) is 11.1 Å². The summed E-state index contributed by atoms with van der Waals surface area (Å²) in [6.07, 6.45) is 0.566. The molecule has 3 aromatic carbocycles. The first kappa shape index (κ1) is 20.4. The topological polar surface area (TPSA) is 44.0 Å². The molecule has 0 aliphatic rings. The van der Waals surface area contributed by atoms with Crippen LogP contribution in [-0.2, 0) is 19.3 Å². The summed E-state index contributed by atoms with van der Waals surface area (Å²) in [5.41, 5.74) is 0.479. The van der Waals surface area contributed by atoms with Crippen LogP contribution in [0.2, 0.25) is 0 Å². The summed E-state index contributed by atoms with van der Waals surface area (Å²) in [4.78, 5) is 0. The fraction of sp³-hybridized carbons (Fsp3) is 0.174. The van der Waals surface area contributed by atoms with Crippen LogP contribution in [0.5, 0.6) is 5.75 Å². The second kappa shape index (κ2) is 8.36. The fourth-order valence-corrected chi connectivity index (χ4v) is 3.20. The molecule has 0 amide bonds. The first-order valence-corrected chi connectivity index (χ1v) is 9.02. The molecule has 0 bridgehead atoms. The predicted octanol–water partition coefficient (Wildman–Crippen LogP) is 5.83. The molecule has 148 valence electrons. The van der Waals surface area contributed by atoms with Gasteiger partial charge >= 0.3 is 0 Å². The summed E-state index contributed by atoms with van der Waals surface area (Å²) in [5.74, 6) is -4.43. The van der Waals surface area contributed by atoms with Gasteiger partial charge in [-0.15, -0.1) is 0 Å². The van der Waals surface area contributed by atoms with E-state index in [2.05, 4.69) is 0 Å². The Bertz CT molecular complexity index is 1080. The lowest BCUT2D eigenvalue weighted by Gasteiger charge is -2.13. The van der Waals surface area contributed by atoms with Crippen LogP contribution < -0.4 is 0 Å². The molecule has 3 aromatic rings. The van der Waals surface area contributed by atoms with Gasteiger partial charge in [-0.05, 0) is 48.1 Å². The Kier molecular flexibility index (Phi) is 5.88. The first-order valence-electron chi connectivity index (χ1n) is 9.02. The van der Waals surface area contributed by atoms with Gasteiger partial charge in [0.1, 0.15) is 40.7 Å². The third-order valence-electron chi connectivity index (χ3n) is 4.82. The largest absolute Gasteiger partial charge is 0.507 e. The molecule has 0 aromatic heterocycles. The van der Waals surface area contributed by atoms with Gasteiger partial charge in [0.25, 0.3) is 0 Å². The van der Waals surface area contributed by atoms with Crippen molar-refractivity contribution in [1.29, 1.82) is 5.26 Å². The van der Waals surface area contributed by atoms with Crippen LogP contribution in [0, 0.1) is 34.6 Å². The summed E-state index contributed by atoms with van der Waals surface area (Å²) < 4.78 is 56.9. The molecular weight excluding hydrogens is 382 g/mol. The normalized spacial score (nSPS) is 10.8. The molecule has 0 saturated heterocycles. The Hall–Kier alpha value is -3.33. The molecular formula is C23H17F4NO. The molecule has 29 heavy (non-hydrogen) atoms. The third-order valence-corrected chi connectivity index (χ3v) is 4.82. The minimum atomic E-state index is -1.02. The van der Waals surface area contributed by atoms with Crippen molar-refractivity contribution in [2.45, 2.75) is 26.2 Å². The van der Waals surface area contributed by atoms with Gasteiger partial charge in [0.15, 0.2) is 0 Å².